The van der Waals surface area contributed by atoms with E-state index in [9.17, 15) is 4.79 Å². The molecule has 6 heteroatoms. The molecule has 0 saturated heterocycles. The van der Waals surface area contributed by atoms with Gasteiger partial charge >= 0.3 is 0 Å². The molecule has 0 radical (unpaired) electrons. The standard InChI is InChI=1S/C18H20N4O2/c1-11-16(21-13(3)23)9-17-18(19-11)22(12(2)20-17)10-14-5-7-15(24-4)8-6-14/h5-9H,10H2,1-4H3,(H,21,23). The normalized spacial score (nSPS) is 10.8. The molecule has 0 aliphatic rings. The lowest BCUT2D eigenvalue weighted by Crippen LogP contribution is -2.09. The van der Waals surface area contributed by atoms with E-state index in [0.29, 0.717) is 12.2 Å². The zero-order chi connectivity index (χ0) is 17.3. The van der Waals surface area contributed by atoms with Gasteiger partial charge in [-0.2, -0.15) is 0 Å². The van der Waals surface area contributed by atoms with E-state index in [4.69, 9.17) is 4.74 Å². The van der Waals surface area contributed by atoms with Crippen molar-refractivity contribution in [3.05, 3.63) is 47.4 Å². The number of fused-ring (bicyclic) bond motifs is 1. The third-order valence-corrected chi connectivity index (χ3v) is 3.91. The highest BCUT2D eigenvalue weighted by molar-refractivity contribution is 5.91. The largest absolute Gasteiger partial charge is 0.497 e. The lowest BCUT2D eigenvalue weighted by molar-refractivity contribution is -0.114. The maximum atomic E-state index is 11.3. The van der Waals surface area contributed by atoms with Gasteiger partial charge in [0.2, 0.25) is 5.91 Å². The fourth-order valence-electron chi connectivity index (χ4n) is 2.67. The summed E-state index contributed by atoms with van der Waals surface area (Å²) in [4.78, 5) is 20.5. The number of nitrogens with zero attached hydrogens (tertiary/aromatic N) is 3. The first-order chi connectivity index (χ1) is 11.5. The van der Waals surface area contributed by atoms with Gasteiger partial charge in [0.15, 0.2) is 5.65 Å². The van der Waals surface area contributed by atoms with Crippen LogP contribution in [-0.4, -0.2) is 27.6 Å². The molecule has 0 saturated carbocycles. The number of pyridine rings is 1. The van der Waals surface area contributed by atoms with Crippen molar-refractivity contribution >= 4 is 22.8 Å². The number of hydrogen-bond donors (Lipinski definition) is 1. The van der Waals surface area contributed by atoms with Crippen molar-refractivity contribution in [2.75, 3.05) is 12.4 Å². The molecule has 0 aliphatic carbocycles. The monoisotopic (exact) mass is 324 g/mol. The van der Waals surface area contributed by atoms with Crippen LogP contribution in [0.2, 0.25) is 0 Å². The summed E-state index contributed by atoms with van der Waals surface area (Å²) in [6.07, 6.45) is 0. The van der Waals surface area contributed by atoms with Crippen LogP contribution >= 0.6 is 0 Å². The number of anilines is 1. The summed E-state index contributed by atoms with van der Waals surface area (Å²) in [5.74, 6) is 1.60. The molecule has 3 rings (SSSR count). The van der Waals surface area contributed by atoms with Crippen molar-refractivity contribution < 1.29 is 9.53 Å². The van der Waals surface area contributed by atoms with Crippen LogP contribution in [0.15, 0.2) is 30.3 Å². The van der Waals surface area contributed by atoms with Crippen LogP contribution in [0.1, 0.15) is 24.0 Å². The predicted octanol–water partition coefficient (Wildman–Crippen LogP) is 3.06. The highest BCUT2D eigenvalue weighted by Crippen LogP contribution is 2.22. The Hall–Kier alpha value is -2.89. The Morgan fingerprint density at radius 3 is 2.54 bits per heavy atom. The number of nitrogens with one attached hydrogen (secondary N) is 1. The second-order valence-corrected chi connectivity index (χ2v) is 5.74. The average Bonchev–Trinajstić information content (AvgIpc) is 2.83. The maximum absolute atomic E-state index is 11.3. The highest BCUT2D eigenvalue weighted by Gasteiger charge is 2.13. The van der Waals surface area contributed by atoms with Crippen LogP contribution in [0.3, 0.4) is 0 Å². The van der Waals surface area contributed by atoms with Gasteiger partial charge in [-0.1, -0.05) is 12.1 Å². The van der Waals surface area contributed by atoms with Crippen LogP contribution in [0.25, 0.3) is 11.2 Å². The smallest absolute Gasteiger partial charge is 0.221 e. The van der Waals surface area contributed by atoms with Gasteiger partial charge in [0.1, 0.15) is 17.1 Å². The fourth-order valence-corrected chi connectivity index (χ4v) is 2.67. The molecule has 1 N–H and O–H groups in total. The van der Waals surface area contributed by atoms with Gasteiger partial charge in [-0.05, 0) is 37.6 Å². The molecule has 6 nitrogen and oxygen atoms in total. The number of imidazole rings is 1. The molecule has 2 aromatic heterocycles. The van der Waals surface area contributed by atoms with Gasteiger partial charge in [-0.3, -0.25) is 4.79 Å². The van der Waals surface area contributed by atoms with E-state index < -0.39 is 0 Å². The van der Waals surface area contributed by atoms with Crippen LogP contribution < -0.4 is 10.1 Å². The van der Waals surface area contributed by atoms with Crippen molar-refractivity contribution in [1.82, 2.24) is 14.5 Å². The number of rotatable bonds is 4. The molecule has 2 heterocycles. The minimum atomic E-state index is -0.117. The van der Waals surface area contributed by atoms with Crippen molar-refractivity contribution in [2.45, 2.75) is 27.3 Å². The Labute approximate surface area is 140 Å². The minimum absolute atomic E-state index is 0.117. The minimum Gasteiger partial charge on any atom is -0.497 e. The fraction of sp³-hybridized carbons (Fsp3) is 0.278. The van der Waals surface area contributed by atoms with E-state index in [2.05, 4.69) is 19.9 Å². The van der Waals surface area contributed by atoms with Gasteiger partial charge in [0.25, 0.3) is 0 Å². The van der Waals surface area contributed by atoms with Crippen LogP contribution in [-0.2, 0) is 11.3 Å². The molecule has 3 aromatic rings. The summed E-state index contributed by atoms with van der Waals surface area (Å²) < 4.78 is 7.26. The van der Waals surface area contributed by atoms with Gasteiger partial charge in [-0.15, -0.1) is 0 Å². The number of aryl methyl sites for hydroxylation is 2. The van der Waals surface area contributed by atoms with Crippen molar-refractivity contribution in [3.63, 3.8) is 0 Å². The van der Waals surface area contributed by atoms with E-state index in [1.54, 1.807) is 7.11 Å². The number of carbonyl (C=O) groups excluding carboxylic acids is 1. The second kappa shape index (κ2) is 6.31. The van der Waals surface area contributed by atoms with Crippen molar-refractivity contribution in [3.8, 4) is 5.75 Å². The summed E-state index contributed by atoms with van der Waals surface area (Å²) in [6, 6.07) is 9.82. The summed E-state index contributed by atoms with van der Waals surface area (Å²) in [6.45, 7) is 6.00. The van der Waals surface area contributed by atoms with E-state index in [0.717, 1.165) is 34.0 Å². The number of aromatic nitrogens is 3. The lowest BCUT2D eigenvalue weighted by Gasteiger charge is -2.09. The van der Waals surface area contributed by atoms with Gasteiger partial charge in [0, 0.05) is 6.92 Å². The molecule has 0 unspecified atom stereocenters. The summed E-state index contributed by atoms with van der Waals surface area (Å²) in [5.41, 5.74) is 4.20. The van der Waals surface area contributed by atoms with Gasteiger partial charge < -0.3 is 14.6 Å². The van der Waals surface area contributed by atoms with E-state index in [1.165, 1.54) is 6.92 Å². The Balaban J connectivity index is 1.99. The predicted molar refractivity (Wildman–Crippen MR) is 93.4 cm³/mol. The molecular weight excluding hydrogens is 304 g/mol. The summed E-state index contributed by atoms with van der Waals surface area (Å²) in [5, 5.41) is 2.79. The number of benzene rings is 1. The Morgan fingerprint density at radius 1 is 1.21 bits per heavy atom. The molecule has 124 valence electrons. The van der Waals surface area contributed by atoms with E-state index >= 15 is 0 Å². The van der Waals surface area contributed by atoms with E-state index in [-0.39, 0.29) is 5.91 Å². The molecular formula is C18H20N4O2. The number of methoxy groups -OCH3 is 1. The zero-order valence-corrected chi connectivity index (χ0v) is 14.3. The summed E-state index contributed by atoms with van der Waals surface area (Å²) >= 11 is 0. The van der Waals surface area contributed by atoms with Crippen LogP contribution in [0, 0.1) is 13.8 Å². The average molecular weight is 324 g/mol. The Morgan fingerprint density at radius 2 is 1.92 bits per heavy atom. The summed E-state index contributed by atoms with van der Waals surface area (Å²) in [7, 11) is 1.65. The molecule has 0 spiro atoms. The van der Waals surface area contributed by atoms with Gasteiger partial charge in [-0.25, -0.2) is 9.97 Å². The maximum Gasteiger partial charge on any atom is 0.221 e. The topological polar surface area (TPSA) is 69.0 Å². The SMILES string of the molecule is COc1ccc(Cn2c(C)nc3cc(NC(C)=O)c(C)nc32)cc1. The first-order valence-corrected chi connectivity index (χ1v) is 7.73. The second-order valence-electron chi connectivity index (χ2n) is 5.74. The molecule has 0 aliphatic heterocycles. The van der Waals surface area contributed by atoms with E-state index in [1.807, 2.05) is 44.2 Å². The zero-order valence-electron chi connectivity index (χ0n) is 14.3. The number of carbonyl (C=O) groups is 1. The molecule has 24 heavy (non-hydrogen) atoms. The molecule has 0 atom stereocenters. The molecule has 1 amide bonds. The van der Waals surface area contributed by atoms with Gasteiger partial charge in [0.05, 0.1) is 25.0 Å². The third kappa shape index (κ3) is 3.08. The molecule has 0 fully saturated rings. The quantitative estimate of drug-likeness (QED) is 0.801. The first-order valence-electron chi connectivity index (χ1n) is 7.73. The number of hydrogen-bond acceptors (Lipinski definition) is 4. The first kappa shape index (κ1) is 16.0. The molecule has 0 bridgehead atoms. The highest BCUT2D eigenvalue weighted by atomic mass is 16.5. The van der Waals surface area contributed by atoms with Crippen molar-refractivity contribution in [1.29, 1.82) is 0 Å². The number of ether oxygens (including phenoxy) is 1. The van der Waals surface area contributed by atoms with Crippen molar-refractivity contribution in [2.24, 2.45) is 0 Å². The molecule has 1 aromatic carbocycles. The lowest BCUT2D eigenvalue weighted by atomic mass is 10.2. The van der Waals surface area contributed by atoms with Crippen LogP contribution in [0.5, 0.6) is 5.75 Å². The Bertz CT molecular complexity index is 898. The Kier molecular flexibility index (Phi) is 4.20. The third-order valence-electron chi connectivity index (χ3n) is 3.91. The number of amides is 1. The van der Waals surface area contributed by atoms with Crippen LogP contribution in [0.4, 0.5) is 5.69 Å².